The third-order valence-corrected chi connectivity index (χ3v) is 4.55. The van der Waals surface area contributed by atoms with Crippen LogP contribution in [0.3, 0.4) is 0 Å². The second-order valence-electron chi connectivity index (χ2n) is 4.84. The summed E-state index contributed by atoms with van der Waals surface area (Å²) in [6, 6.07) is 18.5. The Morgan fingerprint density at radius 1 is 1.00 bits per heavy atom. The van der Waals surface area contributed by atoms with E-state index in [1.807, 2.05) is 35.3 Å². The first-order valence-electron chi connectivity index (χ1n) is 7.49. The van der Waals surface area contributed by atoms with Crippen molar-refractivity contribution in [3.63, 3.8) is 0 Å². The summed E-state index contributed by atoms with van der Waals surface area (Å²) >= 11 is 1.67. The molecule has 1 aromatic heterocycles. The largest absolute Gasteiger partial charge is 0.411 e. The Balaban J connectivity index is 1.94. The van der Waals surface area contributed by atoms with Crippen molar-refractivity contribution < 1.29 is 4.57 Å². The molecule has 3 aromatic rings. The molecule has 22 heavy (non-hydrogen) atoms. The molecule has 0 N–H and O–H groups in total. The molecule has 0 aliphatic rings. The number of benzene rings is 2. The fourth-order valence-electron chi connectivity index (χ4n) is 2.39. The van der Waals surface area contributed by atoms with Gasteiger partial charge in [0.1, 0.15) is 10.6 Å². The van der Waals surface area contributed by atoms with Gasteiger partial charge in [0, 0.05) is 6.54 Å². The van der Waals surface area contributed by atoms with Crippen LogP contribution >= 0.6 is 11.3 Å². The van der Waals surface area contributed by atoms with E-state index in [1.165, 1.54) is 10.2 Å². The molecule has 1 heterocycles. The summed E-state index contributed by atoms with van der Waals surface area (Å²) in [4.78, 5) is 0. The molecular weight excluding hydrogens is 292 g/mol. The van der Waals surface area contributed by atoms with Gasteiger partial charge in [0.25, 0.3) is 0 Å². The Morgan fingerprint density at radius 3 is 2.45 bits per heavy atom. The van der Waals surface area contributed by atoms with Crippen LogP contribution in [0.1, 0.15) is 13.8 Å². The quantitative estimate of drug-likeness (QED) is 0.381. The SMILES string of the molecule is CCN(/N=N/c1sc2ccccc2[n+]1CC)c1ccccc1. The highest BCUT2D eigenvalue weighted by Crippen LogP contribution is 2.27. The van der Waals surface area contributed by atoms with Gasteiger partial charge >= 0.3 is 5.13 Å². The normalized spacial score (nSPS) is 11.4. The van der Waals surface area contributed by atoms with E-state index in [1.54, 1.807) is 11.3 Å². The number of hydrogen-bond acceptors (Lipinski definition) is 3. The summed E-state index contributed by atoms with van der Waals surface area (Å²) < 4.78 is 3.43. The zero-order valence-corrected chi connectivity index (χ0v) is 13.6. The molecule has 0 unspecified atom stereocenters. The lowest BCUT2D eigenvalue weighted by molar-refractivity contribution is -0.651. The van der Waals surface area contributed by atoms with Gasteiger partial charge in [0.2, 0.25) is 0 Å². The van der Waals surface area contributed by atoms with Crippen molar-refractivity contribution in [1.82, 2.24) is 0 Å². The first-order valence-corrected chi connectivity index (χ1v) is 8.30. The highest BCUT2D eigenvalue weighted by atomic mass is 32.1. The summed E-state index contributed by atoms with van der Waals surface area (Å²) in [6.45, 7) is 5.87. The molecule has 0 atom stereocenters. The minimum absolute atomic E-state index is 0.782. The van der Waals surface area contributed by atoms with Gasteiger partial charge in [0.05, 0.1) is 22.2 Å². The highest BCUT2D eigenvalue weighted by molar-refractivity contribution is 7.21. The van der Waals surface area contributed by atoms with E-state index in [-0.39, 0.29) is 0 Å². The summed E-state index contributed by atoms with van der Waals surface area (Å²) in [7, 11) is 0. The molecule has 0 amide bonds. The number of aryl methyl sites for hydroxylation is 1. The van der Waals surface area contributed by atoms with E-state index in [0.717, 1.165) is 23.9 Å². The minimum Gasteiger partial charge on any atom is -0.227 e. The number of para-hydroxylation sites is 2. The molecule has 0 bridgehead atoms. The van der Waals surface area contributed by atoms with Crippen molar-refractivity contribution in [2.75, 3.05) is 11.6 Å². The van der Waals surface area contributed by atoms with E-state index < -0.39 is 0 Å². The van der Waals surface area contributed by atoms with E-state index >= 15 is 0 Å². The van der Waals surface area contributed by atoms with Gasteiger partial charge in [-0.2, -0.15) is 0 Å². The van der Waals surface area contributed by atoms with Crippen LogP contribution in [0, 0.1) is 0 Å². The molecule has 0 aliphatic heterocycles. The maximum Gasteiger partial charge on any atom is 0.411 e. The number of rotatable bonds is 5. The zero-order valence-electron chi connectivity index (χ0n) is 12.8. The van der Waals surface area contributed by atoms with Crippen LogP contribution in [0.4, 0.5) is 10.8 Å². The average molecular weight is 311 g/mol. The van der Waals surface area contributed by atoms with Crippen LogP contribution in [0.25, 0.3) is 10.2 Å². The third-order valence-electron chi connectivity index (χ3n) is 3.50. The Kier molecular flexibility index (Phi) is 4.44. The molecular formula is C17H19N4S+. The Morgan fingerprint density at radius 2 is 1.73 bits per heavy atom. The fourth-order valence-corrected chi connectivity index (χ4v) is 3.43. The van der Waals surface area contributed by atoms with Crippen LogP contribution in [0.15, 0.2) is 64.9 Å². The number of thiazole rings is 1. The predicted molar refractivity (Wildman–Crippen MR) is 91.7 cm³/mol. The average Bonchev–Trinajstić information content (AvgIpc) is 2.94. The Bertz CT molecular complexity index is 780. The Labute approximate surface area is 134 Å². The minimum atomic E-state index is 0.782. The lowest BCUT2D eigenvalue weighted by Crippen LogP contribution is -2.30. The first-order chi connectivity index (χ1) is 10.8. The van der Waals surface area contributed by atoms with Crippen molar-refractivity contribution in [1.29, 1.82) is 0 Å². The molecule has 0 aliphatic carbocycles. The highest BCUT2D eigenvalue weighted by Gasteiger charge is 2.18. The van der Waals surface area contributed by atoms with Gasteiger partial charge in [-0.05, 0) is 49.4 Å². The molecule has 0 saturated carbocycles. The first kappa shape index (κ1) is 14.7. The molecule has 5 heteroatoms. The molecule has 0 saturated heterocycles. The lowest BCUT2D eigenvalue weighted by Gasteiger charge is -2.11. The maximum absolute atomic E-state index is 4.49. The monoisotopic (exact) mass is 311 g/mol. The standard InChI is InChI=1S/C17H19N4S/c1-3-20-15-12-8-9-13-16(15)22-17(20)18-19-21(4-2)14-10-6-5-7-11-14/h5-13H,3-4H2,1-2H3/q+1. The number of fused-ring (bicyclic) bond motifs is 1. The van der Waals surface area contributed by atoms with Gasteiger partial charge in [-0.25, -0.2) is 9.58 Å². The van der Waals surface area contributed by atoms with Gasteiger partial charge in [-0.1, -0.05) is 30.3 Å². The predicted octanol–water partition coefficient (Wildman–Crippen LogP) is 4.73. The number of anilines is 1. The van der Waals surface area contributed by atoms with Gasteiger partial charge in [0.15, 0.2) is 0 Å². The van der Waals surface area contributed by atoms with E-state index in [2.05, 4.69) is 53.0 Å². The second-order valence-corrected chi connectivity index (χ2v) is 5.85. The van der Waals surface area contributed by atoms with Crippen molar-refractivity contribution in [3.8, 4) is 0 Å². The molecule has 112 valence electrons. The number of hydrogen-bond donors (Lipinski definition) is 0. The van der Waals surface area contributed by atoms with Gasteiger partial charge in [-0.15, -0.1) is 0 Å². The molecule has 3 rings (SSSR count). The fraction of sp³-hybridized carbons (Fsp3) is 0.235. The Hall–Kier alpha value is -2.27. The summed E-state index contributed by atoms with van der Waals surface area (Å²) in [6.07, 6.45) is 0. The van der Waals surface area contributed by atoms with Crippen molar-refractivity contribution >= 4 is 32.4 Å². The van der Waals surface area contributed by atoms with Crippen LogP contribution in [0.2, 0.25) is 0 Å². The van der Waals surface area contributed by atoms with Crippen LogP contribution in [0.5, 0.6) is 0 Å². The molecule has 4 nitrogen and oxygen atoms in total. The third kappa shape index (κ3) is 2.85. The number of aromatic nitrogens is 1. The topological polar surface area (TPSA) is 31.8 Å². The van der Waals surface area contributed by atoms with E-state index in [0.29, 0.717) is 0 Å². The van der Waals surface area contributed by atoms with E-state index in [9.17, 15) is 0 Å². The zero-order chi connectivity index (χ0) is 15.4. The smallest absolute Gasteiger partial charge is 0.227 e. The molecule has 0 fully saturated rings. The summed E-state index contributed by atoms with van der Waals surface area (Å²) in [5.41, 5.74) is 2.27. The van der Waals surface area contributed by atoms with Gasteiger partial charge in [-0.3, -0.25) is 0 Å². The molecule has 2 aromatic carbocycles. The van der Waals surface area contributed by atoms with Crippen LogP contribution in [-0.2, 0) is 6.54 Å². The van der Waals surface area contributed by atoms with Gasteiger partial charge < -0.3 is 0 Å². The van der Waals surface area contributed by atoms with Crippen LogP contribution in [-0.4, -0.2) is 6.54 Å². The van der Waals surface area contributed by atoms with Crippen molar-refractivity contribution in [2.24, 2.45) is 10.3 Å². The molecule has 0 radical (unpaired) electrons. The van der Waals surface area contributed by atoms with Crippen LogP contribution < -0.4 is 9.58 Å². The second kappa shape index (κ2) is 6.66. The summed E-state index contributed by atoms with van der Waals surface area (Å²) in [5.74, 6) is 0. The number of nitrogens with zero attached hydrogens (tertiary/aromatic N) is 4. The lowest BCUT2D eigenvalue weighted by atomic mass is 10.3. The molecule has 0 spiro atoms. The maximum atomic E-state index is 4.49. The summed E-state index contributed by atoms with van der Waals surface area (Å²) in [5, 5.41) is 11.8. The van der Waals surface area contributed by atoms with Crippen molar-refractivity contribution in [2.45, 2.75) is 20.4 Å². The van der Waals surface area contributed by atoms with E-state index in [4.69, 9.17) is 0 Å². The van der Waals surface area contributed by atoms with Crippen molar-refractivity contribution in [3.05, 3.63) is 54.6 Å².